The molecule has 18 heavy (non-hydrogen) atoms. The van der Waals surface area contributed by atoms with E-state index in [1.54, 1.807) is 4.90 Å². The summed E-state index contributed by atoms with van der Waals surface area (Å²) in [7, 11) is 0. The van der Waals surface area contributed by atoms with Crippen molar-refractivity contribution >= 4 is 11.9 Å². The van der Waals surface area contributed by atoms with Gasteiger partial charge in [0.1, 0.15) is 6.04 Å². The number of hydrogen-bond acceptors (Lipinski definition) is 2. The molecule has 3 atom stereocenters. The third-order valence-electron chi connectivity index (χ3n) is 4.37. The Morgan fingerprint density at radius 1 is 1.22 bits per heavy atom. The van der Waals surface area contributed by atoms with Crippen LogP contribution in [0.1, 0.15) is 51.9 Å². The highest BCUT2D eigenvalue weighted by Gasteiger charge is 2.35. The zero-order valence-electron chi connectivity index (χ0n) is 11.1. The number of hydrogen-bond donors (Lipinski definition) is 1. The van der Waals surface area contributed by atoms with Crippen molar-refractivity contribution in [2.24, 2.45) is 11.8 Å². The van der Waals surface area contributed by atoms with Gasteiger partial charge in [0.15, 0.2) is 0 Å². The monoisotopic (exact) mass is 253 g/mol. The van der Waals surface area contributed by atoms with Gasteiger partial charge in [-0.15, -0.1) is 0 Å². The smallest absolute Gasteiger partial charge is 0.326 e. The second-order valence-electron chi connectivity index (χ2n) is 5.93. The fourth-order valence-electron chi connectivity index (χ4n) is 3.43. The Hall–Kier alpha value is -1.06. The largest absolute Gasteiger partial charge is 0.480 e. The molecule has 2 aliphatic rings. The van der Waals surface area contributed by atoms with Crippen molar-refractivity contribution in [1.29, 1.82) is 0 Å². The maximum Gasteiger partial charge on any atom is 0.326 e. The molecular weight excluding hydrogens is 230 g/mol. The lowest BCUT2D eigenvalue weighted by Crippen LogP contribution is -2.41. The van der Waals surface area contributed by atoms with E-state index in [1.165, 1.54) is 12.8 Å². The number of aliphatic carboxylic acids is 1. The molecule has 0 radical (unpaired) electrons. The second kappa shape index (κ2) is 5.72. The lowest BCUT2D eigenvalue weighted by atomic mass is 9.80. The van der Waals surface area contributed by atoms with Gasteiger partial charge in [-0.05, 0) is 37.5 Å². The van der Waals surface area contributed by atoms with E-state index in [2.05, 4.69) is 6.92 Å². The van der Waals surface area contributed by atoms with E-state index in [-0.39, 0.29) is 5.91 Å². The molecule has 1 aliphatic heterocycles. The van der Waals surface area contributed by atoms with Crippen molar-refractivity contribution in [1.82, 2.24) is 4.90 Å². The van der Waals surface area contributed by atoms with Crippen LogP contribution in [0.25, 0.3) is 0 Å². The third-order valence-corrected chi connectivity index (χ3v) is 4.37. The van der Waals surface area contributed by atoms with E-state index >= 15 is 0 Å². The first-order valence-electron chi connectivity index (χ1n) is 7.10. The molecule has 2 unspecified atom stereocenters. The third kappa shape index (κ3) is 3.03. The molecule has 1 saturated heterocycles. The SMILES string of the molecule is CC1CCCC(CC(=O)N2CCC[C@H]2C(=O)O)C1. The summed E-state index contributed by atoms with van der Waals surface area (Å²) in [6.07, 6.45) is 6.71. The maximum atomic E-state index is 12.2. The van der Waals surface area contributed by atoms with E-state index in [9.17, 15) is 9.59 Å². The summed E-state index contributed by atoms with van der Waals surface area (Å²) in [6.45, 7) is 2.87. The Balaban J connectivity index is 1.89. The Morgan fingerprint density at radius 3 is 2.67 bits per heavy atom. The fourth-order valence-corrected chi connectivity index (χ4v) is 3.43. The van der Waals surface area contributed by atoms with Gasteiger partial charge < -0.3 is 10.0 Å². The molecule has 1 amide bonds. The van der Waals surface area contributed by atoms with Gasteiger partial charge >= 0.3 is 5.97 Å². The number of carbonyl (C=O) groups excluding carboxylic acids is 1. The van der Waals surface area contributed by atoms with Crippen LogP contribution in [-0.4, -0.2) is 34.5 Å². The van der Waals surface area contributed by atoms with Crippen molar-refractivity contribution in [3.8, 4) is 0 Å². The first-order chi connectivity index (χ1) is 8.58. The summed E-state index contributed by atoms with van der Waals surface area (Å²) >= 11 is 0. The van der Waals surface area contributed by atoms with Gasteiger partial charge in [-0.3, -0.25) is 4.79 Å². The number of carboxylic acid groups (broad SMARTS) is 1. The highest BCUT2D eigenvalue weighted by Crippen LogP contribution is 2.32. The summed E-state index contributed by atoms with van der Waals surface area (Å²) < 4.78 is 0. The van der Waals surface area contributed by atoms with Gasteiger partial charge in [-0.25, -0.2) is 4.79 Å². The number of likely N-dealkylation sites (tertiary alicyclic amines) is 1. The van der Waals surface area contributed by atoms with Crippen molar-refractivity contribution in [2.45, 2.75) is 57.9 Å². The summed E-state index contributed by atoms with van der Waals surface area (Å²) in [5.74, 6) is 0.388. The normalized spacial score (nSPS) is 32.5. The van der Waals surface area contributed by atoms with E-state index in [1.807, 2.05) is 0 Å². The van der Waals surface area contributed by atoms with E-state index in [4.69, 9.17) is 5.11 Å². The Labute approximate surface area is 108 Å². The standard InChI is InChI=1S/C14H23NO3/c1-10-4-2-5-11(8-10)9-13(16)15-7-3-6-12(15)14(17)18/h10-12H,2-9H2,1H3,(H,17,18)/t10?,11?,12-/m0/s1. The number of carbonyl (C=O) groups is 2. The van der Waals surface area contributed by atoms with Gasteiger partial charge in [0.2, 0.25) is 5.91 Å². The average molecular weight is 253 g/mol. The predicted molar refractivity (Wildman–Crippen MR) is 68.1 cm³/mol. The molecule has 0 aromatic heterocycles. The second-order valence-corrected chi connectivity index (χ2v) is 5.93. The molecule has 2 fully saturated rings. The van der Waals surface area contributed by atoms with Gasteiger partial charge in [0, 0.05) is 13.0 Å². The van der Waals surface area contributed by atoms with E-state index < -0.39 is 12.0 Å². The van der Waals surface area contributed by atoms with Gasteiger partial charge in [-0.2, -0.15) is 0 Å². The molecule has 1 saturated carbocycles. The quantitative estimate of drug-likeness (QED) is 0.839. The molecule has 102 valence electrons. The zero-order valence-corrected chi connectivity index (χ0v) is 11.1. The van der Waals surface area contributed by atoms with Crippen LogP contribution in [0.3, 0.4) is 0 Å². The fraction of sp³-hybridized carbons (Fsp3) is 0.857. The molecule has 1 heterocycles. The lowest BCUT2D eigenvalue weighted by Gasteiger charge is -2.29. The van der Waals surface area contributed by atoms with Crippen LogP contribution >= 0.6 is 0 Å². The molecule has 0 aromatic carbocycles. The van der Waals surface area contributed by atoms with Crippen LogP contribution in [0, 0.1) is 11.8 Å². The van der Waals surface area contributed by atoms with Crippen LogP contribution in [0.4, 0.5) is 0 Å². The zero-order chi connectivity index (χ0) is 13.1. The Bertz CT molecular complexity index is 329. The molecule has 1 aliphatic carbocycles. The molecular formula is C14H23NO3. The summed E-state index contributed by atoms with van der Waals surface area (Å²) in [6, 6.07) is -0.571. The minimum absolute atomic E-state index is 0.0546. The summed E-state index contributed by atoms with van der Waals surface area (Å²) in [5, 5.41) is 9.09. The van der Waals surface area contributed by atoms with Crippen molar-refractivity contribution in [3.63, 3.8) is 0 Å². The van der Waals surface area contributed by atoms with Crippen LogP contribution in [0.15, 0.2) is 0 Å². The van der Waals surface area contributed by atoms with E-state index in [0.717, 1.165) is 19.3 Å². The first-order valence-corrected chi connectivity index (χ1v) is 7.10. The van der Waals surface area contributed by atoms with Crippen molar-refractivity contribution in [3.05, 3.63) is 0 Å². The van der Waals surface area contributed by atoms with Crippen LogP contribution in [0.5, 0.6) is 0 Å². The molecule has 0 aromatic rings. The molecule has 0 bridgehead atoms. The molecule has 0 spiro atoms. The maximum absolute atomic E-state index is 12.2. The summed E-state index contributed by atoms with van der Waals surface area (Å²) in [5.41, 5.74) is 0. The summed E-state index contributed by atoms with van der Waals surface area (Å²) in [4.78, 5) is 24.8. The van der Waals surface area contributed by atoms with Gasteiger partial charge in [0.05, 0.1) is 0 Å². The number of nitrogens with zero attached hydrogens (tertiary/aromatic N) is 1. The van der Waals surface area contributed by atoms with Gasteiger partial charge in [-0.1, -0.05) is 19.8 Å². The predicted octanol–water partition coefficient (Wildman–Crippen LogP) is 2.28. The molecule has 4 heteroatoms. The first kappa shape index (κ1) is 13.4. The molecule has 2 rings (SSSR count). The number of rotatable bonds is 3. The van der Waals surface area contributed by atoms with Crippen LogP contribution in [0.2, 0.25) is 0 Å². The highest BCUT2D eigenvalue weighted by molar-refractivity contribution is 5.84. The minimum Gasteiger partial charge on any atom is -0.480 e. The van der Waals surface area contributed by atoms with Crippen LogP contribution in [-0.2, 0) is 9.59 Å². The van der Waals surface area contributed by atoms with Crippen molar-refractivity contribution < 1.29 is 14.7 Å². The van der Waals surface area contributed by atoms with Gasteiger partial charge in [0.25, 0.3) is 0 Å². The minimum atomic E-state index is -0.849. The topological polar surface area (TPSA) is 57.6 Å². The highest BCUT2D eigenvalue weighted by atomic mass is 16.4. The van der Waals surface area contributed by atoms with E-state index in [0.29, 0.717) is 31.2 Å². The lowest BCUT2D eigenvalue weighted by molar-refractivity contribution is -0.148. The van der Waals surface area contributed by atoms with Crippen molar-refractivity contribution in [2.75, 3.05) is 6.54 Å². The number of carboxylic acids is 1. The Morgan fingerprint density at radius 2 is 2.00 bits per heavy atom. The average Bonchev–Trinajstić information content (AvgIpc) is 2.77. The molecule has 1 N–H and O–H groups in total. The number of amides is 1. The molecule has 4 nitrogen and oxygen atoms in total. The Kier molecular flexibility index (Phi) is 4.25. The van der Waals surface area contributed by atoms with Crippen LogP contribution < -0.4 is 0 Å².